The molecular formula is C14H16ClN3O4S. The van der Waals surface area contributed by atoms with Crippen molar-refractivity contribution in [1.29, 1.82) is 0 Å². The van der Waals surface area contributed by atoms with Crippen LogP contribution in [0.3, 0.4) is 0 Å². The van der Waals surface area contributed by atoms with E-state index in [1.54, 1.807) is 20.8 Å². The highest BCUT2D eigenvalue weighted by Gasteiger charge is 2.23. The molecule has 0 saturated heterocycles. The zero-order chi connectivity index (χ0) is 17.1. The molecule has 2 aromatic rings. The van der Waals surface area contributed by atoms with Crippen molar-refractivity contribution in [1.82, 2.24) is 9.97 Å². The molecule has 0 aliphatic heterocycles. The monoisotopic (exact) mass is 357 g/mol. The molecule has 2 aromatic heterocycles. The maximum atomic E-state index is 12.0. The molecule has 0 amide bonds. The topological polar surface area (TPSA) is 101 Å². The first-order valence-electron chi connectivity index (χ1n) is 7.02. The third-order valence-corrected chi connectivity index (χ3v) is 4.58. The van der Waals surface area contributed by atoms with Crippen molar-refractivity contribution >= 4 is 50.9 Å². The van der Waals surface area contributed by atoms with Crippen molar-refractivity contribution in [3.05, 3.63) is 15.7 Å². The maximum absolute atomic E-state index is 12.0. The molecule has 1 unspecified atom stereocenters. The van der Waals surface area contributed by atoms with Gasteiger partial charge in [-0.05, 0) is 37.4 Å². The Hall–Kier alpha value is -1.93. The van der Waals surface area contributed by atoms with Crippen molar-refractivity contribution in [2.75, 3.05) is 11.9 Å². The number of aryl methyl sites for hydroxylation is 1. The number of hydrogen-bond donors (Lipinski definition) is 2. The number of rotatable bonds is 6. The Morgan fingerprint density at radius 3 is 2.65 bits per heavy atom. The summed E-state index contributed by atoms with van der Waals surface area (Å²) in [6.45, 7) is 5.48. The zero-order valence-electron chi connectivity index (χ0n) is 12.8. The number of fused-ring (bicyclic) bond motifs is 1. The molecule has 0 aliphatic rings. The van der Waals surface area contributed by atoms with Gasteiger partial charge in [-0.2, -0.15) is 0 Å². The van der Waals surface area contributed by atoms with Crippen LogP contribution in [0.25, 0.3) is 10.2 Å². The number of carboxylic acids is 1. The fourth-order valence-electron chi connectivity index (χ4n) is 2.11. The summed E-state index contributed by atoms with van der Waals surface area (Å²) in [6.07, 6.45) is 0.367. The summed E-state index contributed by atoms with van der Waals surface area (Å²) in [7, 11) is 0. The molecule has 0 fully saturated rings. The van der Waals surface area contributed by atoms with Crippen LogP contribution in [0.1, 0.15) is 35.5 Å². The molecule has 2 rings (SSSR count). The van der Waals surface area contributed by atoms with Gasteiger partial charge in [-0.3, -0.25) is 0 Å². The second-order valence-electron chi connectivity index (χ2n) is 4.74. The summed E-state index contributed by atoms with van der Waals surface area (Å²) in [6, 6.07) is -0.811. The van der Waals surface area contributed by atoms with E-state index in [0.717, 1.165) is 11.3 Å². The number of thiophene rings is 1. The molecule has 1 atom stereocenters. The summed E-state index contributed by atoms with van der Waals surface area (Å²) < 4.78 is 5.02. The molecule has 2 N–H and O–H groups in total. The van der Waals surface area contributed by atoms with Gasteiger partial charge in [-0.15, -0.1) is 11.3 Å². The SMILES string of the molecule is CCOC(=O)c1sc2nc(Cl)nc(NC(CC)C(=O)O)c2c1C. The number of nitrogens with one attached hydrogen (secondary N) is 1. The minimum Gasteiger partial charge on any atom is -0.480 e. The summed E-state index contributed by atoms with van der Waals surface area (Å²) >= 11 is 7.06. The van der Waals surface area contributed by atoms with Crippen molar-refractivity contribution < 1.29 is 19.4 Å². The predicted molar refractivity (Wildman–Crippen MR) is 88.5 cm³/mol. The zero-order valence-corrected chi connectivity index (χ0v) is 14.4. The number of halogens is 1. The number of esters is 1. The van der Waals surface area contributed by atoms with Gasteiger partial charge in [0, 0.05) is 0 Å². The minimum atomic E-state index is -0.992. The van der Waals surface area contributed by atoms with E-state index >= 15 is 0 Å². The average Bonchev–Trinajstić information content (AvgIpc) is 2.81. The lowest BCUT2D eigenvalue weighted by Crippen LogP contribution is -2.28. The molecule has 9 heteroatoms. The predicted octanol–water partition coefficient (Wildman–Crippen LogP) is 3.10. The van der Waals surface area contributed by atoms with E-state index in [0.29, 0.717) is 32.9 Å². The van der Waals surface area contributed by atoms with Crippen molar-refractivity contribution in [3.63, 3.8) is 0 Å². The first kappa shape index (κ1) is 17.4. The number of aliphatic carboxylic acids is 1. The van der Waals surface area contributed by atoms with E-state index in [4.69, 9.17) is 16.3 Å². The summed E-state index contributed by atoms with van der Waals surface area (Å²) in [5.41, 5.74) is 0.642. The molecule has 0 aliphatic carbocycles. The van der Waals surface area contributed by atoms with Gasteiger partial charge >= 0.3 is 11.9 Å². The first-order valence-corrected chi connectivity index (χ1v) is 8.21. The first-order chi connectivity index (χ1) is 10.9. The smallest absolute Gasteiger partial charge is 0.348 e. The Balaban J connectivity index is 2.56. The largest absolute Gasteiger partial charge is 0.480 e. The quantitative estimate of drug-likeness (QED) is 0.605. The van der Waals surface area contributed by atoms with E-state index in [-0.39, 0.29) is 11.9 Å². The van der Waals surface area contributed by atoms with E-state index in [9.17, 15) is 14.7 Å². The number of aromatic nitrogens is 2. The molecule has 7 nitrogen and oxygen atoms in total. The minimum absolute atomic E-state index is 0.0168. The summed E-state index contributed by atoms with van der Waals surface area (Å²) in [4.78, 5) is 32.4. The normalized spacial score (nSPS) is 12.2. The Morgan fingerprint density at radius 1 is 1.39 bits per heavy atom. The number of nitrogens with zero attached hydrogens (tertiary/aromatic N) is 2. The second-order valence-corrected chi connectivity index (χ2v) is 6.08. The van der Waals surface area contributed by atoms with E-state index in [1.165, 1.54) is 0 Å². The van der Waals surface area contributed by atoms with Crippen LogP contribution in [0.5, 0.6) is 0 Å². The molecule has 0 radical (unpaired) electrons. The van der Waals surface area contributed by atoms with Crippen LogP contribution in [-0.4, -0.2) is 39.7 Å². The molecule has 0 saturated carbocycles. The van der Waals surface area contributed by atoms with Crippen LogP contribution >= 0.6 is 22.9 Å². The highest BCUT2D eigenvalue weighted by atomic mass is 35.5. The highest BCUT2D eigenvalue weighted by molar-refractivity contribution is 7.20. The maximum Gasteiger partial charge on any atom is 0.348 e. The van der Waals surface area contributed by atoms with Gasteiger partial charge in [0.15, 0.2) is 0 Å². The van der Waals surface area contributed by atoms with Crippen molar-refractivity contribution in [2.45, 2.75) is 33.2 Å². The van der Waals surface area contributed by atoms with E-state index in [2.05, 4.69) is 15.3 Å². The van der Waals surface area contributed by atoms with Crippen LogP contribution < -0.4 is 5.32 Å². The lowest BCUT2D eigenvalue weighted by Gasteiger charge is -2.14. The molecular weight excluding hydrogens is 342 g/mol. The molecule has 2 heterocycles. The Morgan fingerprint density at radius 2 is 2.09 bits per heavy atom. The number of carbonyl (C=O) groups is 2. The third kappa shape index (κ3) is 3.53. The van der Waals surface area contributed by atoms with Gasteiger partial charge in [-0.1, -0.05) is 6.92 Å². The van der Waals surface area contributed by atoms with Crippen molar-refractivity contribution in [3.8, 4) is 0 Å². The summed E-state index contributed by atoms with van der Waals surface area (Å²) in [5, 5.41) is 12.6. The van der Waals surface area contributed by atoms with Crippen molar-refractivity contribution in [2.24, 2.45) is 0 Å². The van der Waals surface area contributed by atoms with Crippen LogP contribution in [0, 0.1) is 6.92 Å². The lowest BCUT2D eigenvalue weighted by atomic mass is 10.1. The van der Waals surface area contributed by atoms with Crippen LogP contribution in [0.15, 0.2) is 0 Å². The molecule has 0 bridgehead atoms. The van der Waals surface area contributed by atoms with Gasteiger partial charge in [0.05, 0.1) is 12.0 Å². The standard InChI is InChI=1S/C14H16ClN3O4S/c1-4-7(12(19)20)16-10-8-6(3)9(13(21)22-5-2)23-11(8)18-14(15)17-10/h7H,4-5H2,1-3H3,(H,19,20)(H,16,17,18). The van der Waals surface area contributed by atoms with E-state index < -0.39 is 18.0 Å². The molecule has 0 spiro atoms. The number of carboxylic acid groups (broad SMARTS) is 1. The van der Waals surface area contributed by atoms with E-state index in [1.807, 2.05) is 0 Å². The number of anilines is 1. The van der Waals surface area contributed by atoms with Gasteiger partial charge in [0.25, 0.3) is 0 Å². The molecule has 0 aromatic carbocycles. The molecule has 124 valence electrons. The Bertz CT molecular complexity index is 762. The van der Waals surface area contributed by atoms with Gasteiger partial charge in [0.2, 0.25) is 5.28 Å². The fourth-order valence-corrected chi connectivity index (χ4v) is 3.41. The highest BCUT2D eigenvalue weighted by Crippen LogP contribution is 2.35. The third-order valence-electron chi connectivity index (χ3n) is 3.24. The van der Waals surface area contributed by atoms with Crippen LogP contribution in [0.2, 0.25) is 5.28 Å². The van der Waals surface area contributed by atoms with Crippen LogP contribution in [-0.2, 0) is 9.53 Å². The summed E-state index contributed by atoms with van der Waals surface area (Å²) in [5.74, 6) is -1.13. The Kier molecular flexibility index (Phi) is 5.38. The second kappa shape index (κ2) is 7.10. The number of ether oxygens (including phenoxy) is 1. The van der Waals surface area contributed by atoms with Gasteiger partial charge in [0.1, 0.15) is 21.6 Å². The lowest BCUT2D eigenvalue weighted by molar-refractivity contribution is -0.137. The Labute approximate surface area is 141 Å². The number of hydrogen-bond acceptors (Lipinski definition) is 7. The number of carbonyl (C=O) groups excluding carboxylic acids is 1. The van der Waals surface area contributed by atoms with Gasteiger partial charge < -0.3 is 15.2 Å². The van der Waals surface area contributed by atoms with Gasteiger partial charge in [-0.25, -0.2) is 19.6 Å². The van der Waals surface area contributed by atoms with Crippen LogP contribution in [0.4, 0.5) is 5.82 Å². The average molecular weight is 358 g/mol. The molecule has 23 heavy (non-hydrogen) atoms. The fraction of sp³-hybridized carbons (Fsp3) is 0.429.